The van der Waals surface area contributed by atoms with E-state index in [1.807, 2.05) is 42.2 Å². The van der Waals surface area contributed by atoms with E-state index in [4.69, 9.17) is 9.47 Å². The molecule has 0 aromatic heterocycles. The second kappa shape index (κ2) is 13.9. The molecule has 1 amide bonds. The first-order valence-electron chi connectivity index (χ1n) is 11.2. The molecule has 7 nitrogen and oxygen atoms in total. The van der Waals surface area contributed by atoms with Crippen LogP contribution in [0.1, 0.15) is 30.9 Å². The second-order valence-corrected chi connectivity index (χ2v) is 7.92. The van der Waals surface area contributed by atoms with Gasteiger partial charge in [0.1, 0.15) is 17.6 Å². The first-order valence-corrected chi connectivity index (χ1v) is 11.2. The standard InChI is InChI=1S/C25H34N4O3.HI/c1-19(32-23-11-6-10-22(16-23)31-3)17-28-25(26-2)27-14-7-12-24(30)29-15-13-20-8-4-5-9-21(20)18-29;/h4-6,8-11,16,19H,7,12-15,17-18H2,1-3H3,(H2,26,27,28);1H. The molecule has 1 aliphatic heterocycles. The number of hydrogen-bond donors (Lipinski definition) is 2. The van der Waals surface area contributed by atoms with E-state index in [1.165, 1.54) is 11.1 Å². The highest BCUT2D eigenvalue weighted by Gasteiger charge is 2.19. The zero-order chi connectivity index (χ0) is 22.8. The molecule has 2 aromatic carbocycles. The fraction of sp³-hybridized carbons (Fsp3) is 0.440. The SMILES string of the molecule is CN=C(NCCCC(=O)N1CCc2ccccc2C1)NCC(C)Oc1cccc(OC)c1.I. The average molecular weight is 566 g/mol. The molecular formula is C25H35IN4O3. The largest absolute Gasteiger partial charge is 0.497 e. The predicted octanol–water partition coefficient (Wildman–Crippen LogP) is 3.61. The van der Waals surface area contributed by atoms with Crippen molar-refractivity contribution in [2.75, 3.05) is 33.8 Å². The van der Waals surface area contributed by atoms with Crippen LogP contribution in [0.15, 0.2) is 53.5 Å². The van der Waals surface area contributed by atoms with Gasteiger partial charge in [-0.1, -0.05) is 30.3 Å². The summed E-state index contributed by atoms with van der Waals surface area (Å²) in [5, 5.41) is 6.54. The maximum atomic E-state index is 12.6. The normalized spacial score (nSPS) is 13.9. The fourth-order valence-electron chi connectivity index (χ4n) is 3.72. The van der Waals surface area contributed by atoms with E-state index >= 15 is 0 Å². The van der Waals surface area contributed by atoms with E-state index in [-0.39, 0.29) is 36.0 Å². The number of hydrogen-bond acceptors (Lipinski definition) is 4. The number of guanidine groups is 1. The lowest BCUT2D eigenvalue weighted by molar-refractivity contribution is -0.132. The van der Waals surface area contributed by atoms with Gasteiger partial charge in [0.25, 0.3) is 0 Å². The lowest BCUT2D eigenvalue weighted by Crippen LogP contribution is -2.42. The van der Waals surface area contributed by atoms with E-state index in [2.05, 4.69) is 33.8 Å². The molecule has 1 unspecified atom stereocenters. The number of benzene rings is 2. The number of ether oxygens (including phenoxy) is 2. The van der Waals surface area contributed by atoms with E-state index in [1.54, 1.807) is 14.2 Å². The average Bonchev–Trinajstić information content (AvgIpc) is 2.83. The maximum absolute atomic E-state index is 12.6. The van der Waals surface area contributed by atoms with Crippen LogP contribution in [0, 0.1) is 0 Å². The topological polar surface area (TPSA) is 75.2 Å². The fourth-order valence-corrected chi connectivity index (χ4v) is 3.72. The summed E-state index contributed by atoms with van der Waals surface area (Å²) in [6.07, 6.45) is 2.17. The third-order valence-electron chi connectivity index (χ3n) is 5.50. The van der Waals surface area contributed by atoms with Gasteiger partial charge in [0.15, 0.2) is 5.96 Å². The van der Waals surface area contributed by atoms with Crippen LogP contribution in [0.5, 0.6) is 11.5 Å². The zero-order valence-electron chi connectivity index (χ0n) is 19.7. The van der Waals surface area contributed by atoms with E-state index in [9.17, 15) is 4.79 Å². The molecule has 0 spiro atoms. The van der Waals surface area contributed by atoms with Crippen LogP contribution in [-0.4, -0.2) is 56.7 Å². The smallest absolute Gasteiger partial charge is 0.222 e. The van der Waals surface area contributed by atoms with Crippen LogP contribution >= 0.6 is 24.0 Å². The van der Waals surface area contributed by atoms with Gasteiger partial charge in [0.2, 0.25) is 5.91 Å². The van der Waals surface area contributed by atoms with E-state index < -0.39 is 0 Å². The van der Waals surface area contributed by atoms with Crippen molar-refractivity contribution in [1.82, 2.24) is 15.5 Å². The Labute approximate surface area is 214 Å². The number of carbonyl (C=O) groups excluding carboxylic acids is 1. The van der Waals surface area contributed by atoms with E-state index in [0.717, 1.165) is 37.4 Å². The second-order valence-electron chi connectivity index (χ2n) is 7.92. The molecule has 8 heteroatoms. The summed E-state index contributed by atoms with van der Waals surface area (Å²) in [6, 6.07) is 15.9. The summed E-state index contributed by atoms with van der Waals surface area (Å²) in [6.45, 7) is 4.80. The van der Waals surface area contributed by atoms with Crippen molar-refractivity contribution < 1.29 is 14.3 Å². The van der Waals surface area contributed by atoms with Crippen molar-refractivity contribution in [1.29, 1.82) is 0 Å². The minimum Gasteiger partial charge on any atom is -0.497 e. The Kier molecular flexibility index (Phi) is 11.3. The first-order chi connectivity index (χ1) is 15.6. The third-order valence-corrected chi connectivity index (χ3v) is 5.50. The van der Waals surface area contributed by atoms with Gasteiger partial charge >= 0.3 is 0 Å². The number of amides is 1. The summed E-state index contributed by atoms with van der Waals surface area (Å²) in [4.78, 5) is 18.8. The van der Waals surface area contributed by atoms with Crippen molar-refractivity contribution in [2.45, 2.75) is 38.8 Å². The summed E-state index contributed by atoms with van der Waals surface area (Å²) in [5.74, 6) is 2.44. The molecule has 0 saturated heterocycles. The van der Waals surface area contributed by atoms with Crippen LogP contribution in [-0.2, 0) is 17.8 Å². The Morgan fingerprint density at radius 3 is 2.64 bits per heavy atom. The molecule has 2 N–H and O–H groups in total. The Morgan fingerprint density at radius 1 is 1.12 bits per heavy atom. The summed E-state index contributed by atoms with van der Waals surface area (Å²) in [7, 11) is 3.37. The zero-order valence-corrected chi connectivity index (χ0v) is 22.0. The van der Waals surface area contributed by atoms with Crippen LogP contribution in [0.4, 0.5) is 0 Å². The Hall–Kier alpha value is -2.49. The Morgan fingerprint density at radius 2 is 1.88 bits per heavy atom. The summed E-state index contributed by atoms with van der Waals surface area (Å²) >= 11 is 0. The Balaban J connectivity index is 0.00000385. The molecule has 180 valence electrons. The van der Waals surface area contributed by atoms with E-state index in [0.29, 0.717) is 25.5 Å². The molecular weight excluding hydrogens is 531 g/mol. The van der Waals surface area contributed by atoms with Gasteiger partial charge in [-0.25, -0.2) is 0 Å². The van der Waals surface area contributed by atoms with Gasteiger partial charge in [0, 0.05) is 39.2 Å². The van der Waals surface area contributed by atoms with Crippen LogP contribution in [0.25, 0.3) is 0 Å². The predicted molar refractivity (Wildman–Crippen MR) is 143 cm³/mol. The van der Waals surface area contributed by atoms with Crippen molar-refractivity contribution >= 4 is 35.8 Å². The third kappa shape index (κ3) is 8.42. The number of rotatable bonds is 9. The van der Waals surface area contributed by atoms with Crippen LogP contribution in [0.3, 0.4) is 0 Å². The highest BCUT2D eigenvalue weighted by atomic mass is 127. The van der Waals surface area contributed by atoms with Crippen molar-refractivity contribution in [3.8, 4) is 11.5 Å². The molecule has 1 aliphatic rings. The summed E-state index contributed by atoms with van der Waals surface area (Å²) < 4.78 is 11.2. The lowest BCUT2D eigenvalue weighted by atomic mass is 9.99. The van der Waals surface area contributed by atoms with Gasteiger partial charge in [0.05, 0.1) is 13.7 Å². The number of nitrogens with zero attached hydrogens (tertiary/aromatic N) is 2. The van der Waals surface area contributed by atoms with Crippen molar-refractivity contribution in [2.24, 2.45) is 4.99 Å². The molecule has 0 radical (unpaired) electrons. The van der Waals surface area contributed by atoms with Crippen LogP contribution < -0.4 is 20.1 Å². The summed E-state index contributed by atoms with van der Waals surface area (Å²) in [5.41, 5.74) is 2.62. The molecule has 3 rings (SSSR count). The molecule has 2 aromatic rings. The number of carbonyl (C=O) groups is 1. The van der Waals surface area contributed by atoms with Gasteiger partial charge in [-0.05, 0) is 43.0 Å². The molecule has 1 heterocycles. The number of methoxy groups -OCH3 is 1. The van der Waals surface area contributed by atoms with Gasteiger partial charge < -0.3 is 25.0 Å². The lowest BCUT2D eigenvalue weighted by Gasteiger charge is -2.29. The minimum atomic E-state index is -0.0517. The maximum Gasteiger partial charge on any atom is 0.222 e. The first kappa shape index (κ1) is 26.8. The molecule has 0 bridgehead atoms. The van der Waals surface area contributed by atoms with Gasteiger partial charge in [-0.3, -0.25) is 9.79 Å². The Bertz CT molecular complexity index is 922. The highest BCUT2D eigenvalue weighted by Crippen LogP contribution is 2.20. The van der Waals surface area contributed by atoms with Crippen LogP contribution in [0.2, 0.25) is 0 Å². The minimum absolute atomic E-state index is 0. The van der Waals surface area contributed by atoms with Gasteiger partial charge in [-0.15, -0.1) is 24.0 Å². The molecule has 33 heavy (non-hydrogen) atoms. The number of fused-ring (bicyclic) bond motifs is 1. The number of nitrogens with one attached hydrogen (secondary N) is 2. The quantitative estimate of drug-likeness (QED) is 0.210. The molecule has 1 atom stereocenters. The molecule has 0 aliphatic carbocycles. The number of aliphatic imine (C=N–C) groups is 1. The highest BCUT2D eigenvalue weighted by molar-refractivity contribution is 14.0. The van der Waals surface area contributed by atoms with Gasteiger partial charge in [-0.2, -0.15) is 0 Å². The van der Waals surface area contributed by atoms with Crippen molar-refractivity contribution in [3.63, 3.8) is 0 Å². The molecule has 0 fully saturated rings. The monoisotopic (exact) mass is 566 g/mol. The van der Waals surface area contributed by atoms with Crippen molar-refractivity contribution in [3.05, 3.63) is 59.7 Å². The molecule has 0 saturated carbocycles. The number of halogens is 1.